The molecule has 0 fully saturated rings. The van der Waals surface area contributed by atoms with Crippen LogP contribution in [0.5, 0.6) is 0 Å². The van der Waals surface area contributed by atoms with E-state index in [9.17, 15) is 0 Å². The van der Waals surface area contributed by atoms with Crippen LogP contribution in [0.4, 0.5) is 0 Å². The molecule has 0 saturated carbocycles. The molecule has 0 aliphatic heterocycles. The van der Waals surface area contributed by atoms with Crippen LogP contribution in [0.25, 0.3) is 11.3 Å². The quantitative estimate of drug-likeness (QED) is 0.519. The highest BCUT2D eigenvalue weighted by molar-refractivity contribution is 5.75. The van der Waals surface area contributed by atoms with E-state index in [0.29, 0.717) is 5.70 Å². The minimum atomic E-state index is 0.708. The zero-order valence-corrected chi connectivity index (χ0v) is 9.90. The standard InChI is InChI=1S/C15H17N/c1-5-7-13(6-2)15-10-8-14(9-11-15)12(3)16-4/h5-11H,3-4H2,1-2H3/b7-5-,13-6+. The lowest BCUT2D eigenvalue weighted by Gasteiger charge is -2.04. The molecule has 0 heterocycles. The Kier molecular flexibility index (Phi) is 4.46. The van der Waals surface area contributed by atoms with Gasteiger partial charge in [-0.15, -0.1) is 0 Å². The van der Waals surface area contributed by atoms with Crippen LogP contribution in [0.15, 0.2) is 54.1 Å². The first-order chi connectivity index (χ1) is 7.72. The van der Waals surface area contributed by atoms with Gasteiger partial charge in [0, 0.05) is 0 Å². The largest absolute Gasteiger partial charge is 0.265 e. The molecule has 0 aliphatic carbocycles. The lowest BCUT2D eigenvalue weighted by molar-refractivity contribution is 1.51. The van der Waals surface area contributed by atoms with Gasteiger partial charge in [0.1, 0.15) is 0 Å². The summed E-state index contributed by atoms with van der Waals surface area (Å²) >= 11 is 0. The summed E-state index contributed by atoms with van der Waals surface area (Å²) in [5.74, 6) is 0. The lowest BCUT2D eigenvalue weighted by Crippen LogP contribution is -1.83. The van der Waals surface area contributed by atoms with E-state index in [0.717, 1.165) is 5.56 Å². The third-order valence-corrected chi connectivity index (χ3v) is 2.40. The summed E-state index contributed by atoms with van der Waals surface area (Å²) in [5, 5.41) is 0. The van der Waals surface area contributed by atoms with Gasteiger partial charge in [0.25, 0.3) is 0 Å². The van der Waals surface area contributed by atoms with Gasteiger partial charge in [0.05, 0.1) is 5.70 Å². The number of benzene rings is 1. The SMILES string of the molecule is C=NC(=C)c1ccc(C(/C=C\C)=C/C)cc1. The average molecular weight is 211 g/mol. The van der Waals surface area contributed by atoms with E-state index in [1.807, 2.05) is 32.1 Å². The second-order valence-electron chi connectivity index (χ2n) is 3.43. The van der Waals surface area contributed by atoms with Crippen molar-refractivity contribution in [1.82, 2.24) is 0 Å². The van der Waals surface area contributed by atoms with Gasteiger partial charge in [-0.1, -0.05) is 49.1 Å². The molecule has 0 spiro atoms. The number of nitrogens with zero attached hydrogens (tertiary/aromatic N) is 1. The highest BCUT2D eigenvalue weighted by atomic mass is 14.7. The summed E-state index contributed by atoms with van der Waals surface area (Å²) in [6, 6.07) is 8.17. The molecule has 0 amide bonds. The van der Waals surface area contributed by atoms with E-state index in [2.05, 4.69) is 42.6 Å². The third kappa shape index (κ3) is 2.80. The molecule has 1 rings (SSSR count). The first-order valence-electron chi connectivity index (χ1n) is 5.28. The number of hydrogen-bond acceptors (Lipinski definition) is 1. The molecule has 1 aromatic rings. The van der Waals surface area contributed by atoms with Gasteiger partial charge in [-0.2, -0.15) is 0 Å². The number of hydrogen-bond donors (Lipinski definition) is 0. The lowest BCUT2D eigenvalue weighted by atomic mass is 10.0. The summed E-state index contributed by atoms with van der Waals surface area (Å²) in [6.45, 7) is 11.3. The summed E-state index contributed by atoms with van der Waals surface area (Å²) in [6.07, 6.45) is 6.22. The molecule has 0 bridgehead atoms. The predicted octanol–water partition coefficient (Wildman–Crippen LogP) is 4.34. The smallest absolute Gasteiger partial charge is 0.0622 e. The monoisotopic (exact) mass is 211 g/mol. The Hall–Kier alpha value is -1.89. The predicted molar refractivity (Wildman–Crippen MR) is 73.5 cm³/mol. The van der Waals surface area contributed by atoms with Gasteiger partial charge in [0.2, 0.25) is 0 Å². The first-order valence-corrected chi connectivity index (χ1v) is 5.28. The minimum Gasteiger partial charge on any atom is -0.265 e. The summed E-state index contributed by atoms with van der Waals surface area (Å²) in [4.78, 5) is 3.82. The van der Waals surface area contributed by atoms with Crippen molar-refractivity contribution < 1.29 is 0 Å². The van der Waals surface area contributed by atoms with Gasteiger partial charge in [-0.3, -0.25) is 4.99 Å². The van der Waals surface area contributed by atoms with Crippen LogP contribution in [0.1, 0.15) is 25.0 Å². The van der Waals surface area contributed by atoms with Crippen molar-refractivity contribution in [2.75, 3.05) is 0 Å². The molecule has 1 aromatic carbocycles. The molecule has 1 nitrogen and oxygen atoms in total. The van der Waals surface area contributed by atoms with Crippen molar-refractivity contribution in [3.63, 3.8) is 0 Å². The van der Waals surface area contributed by atoms with E-state index in [4.69, 9.17) is 0 Å². The second kappa shape index (κ2) is 5.86. The van der Waals surface area contributed by atoms with E-state index < -0.39 is 0 Å². The van der Waals surface area contributed by atoms with Crippen molar-refractivity contribution in [3.8, 4) is 0 Å². The molecule has 0 aliphatic rings. The molecule has 82 valence electrons. The highest BCUT2D eigenvalue weighted by Crippen LogP contribution is 2.19. The number of allylic oxidation sites excluding steroid dienone is 4. The summed E-state index contributed by atoms with van der Waals surface area (Å²) in [5.41, 5.74) is 4.13. The van der Waals surface area contributed by atoms with E-state index in [1.54, 1.807) is 0 Å². The topological polar surface area (TPSA) is 12.4 Å². The van der Waals surface area contributed by atoms with Gasteiger partial charge in [-0.25, -0.2) is 0 Å². The molecule has 0 saturated heterocycles. The Morgan fingerprint density at radius 2 is 1.69 bits per heavy atom. The Morgan fingerprint density at radius 3 is 2.12 bits per heavy atom. The van der Waals surface area contributed by atoms with Crippen molar-refractivity contribution in [3.05, 3.63) is 60.2 Å². The van der Waals surface area contributed by atoms with Crippen molar-refractivity contribution in [2.24, 2.45) is 4.99 Å². The summed E-state index contributed by atoms with van der Waals surface area (Å²) in [7, 11) is 0. The minimum absolute atomic E-state index is 0.708. The van der Waals surface area contributed by atoms with Gasteiger partial charge in [-0.05, 0) is 37.3 Å². The zero-order chi connectivity index (χ0) is 12.0. The maximum absolute atomic E-state index is 3.82. The van der Waals surface area contributed by atoms with Gasteiger partial charge in [0.15, 0.2) is 0 Å². The van der Waals surface area contributed by atoms with Crippen molar-refractivity contribution in [1.29, 1.82) is 0 Å². The Labute approximate surface area is 97.5 Å². The zero-order valence-electron chi connectivity index (χ0n) is 9.90. The van der Waals surface area contributed by atoms with Gasteiger partial charge < -0.3 is 0 Å². The van der Waals surface area contributed by atoms with Gasteiger partial charge >= 0.3 is 0 Å². The molecule has 1 heteroatoms. The summed E-state index contributed by atoms with van der Waals surface area (Å²) < 4.78 is 0. The fourth-order valence-electron chi connectivity index (χ4n) is 1.49. The first kappa shape index (κ1) is 12.2. The maximum Gasteiger partial charge on any atom is 0.0622 e. The maximum atomic E-state index is 3.82. The van der Waals surface area contributed by atoms with Crippen LogP contribution in [-0.2, 0) is 0 Å². The van der Waals surface area contributed by atoms with Crippen LogP contribution < -0.4 is 0 Å². The average Bonchev–Trinajstić information content (AvgIpc) is 2.35. The van der Waals surface area contributed by atoms with Crippen molar-refractivity contribution in [2.45, 2.75) is 13.8 Å². The van der Waals surface area contributed by atoms with Crippen molar-refractivity contribution >= 4 is 18.0 Å². The Bertz CT molecular complexity index is 433. The van der Waals surface area contributed by atoms with E-state index in [-0.39, 0.29) is 0 Å². The molecular formula is C15H17N. The molecule has 0 atom stereocenters. The van der Waals surface area contributed by atoms with E-state index >= 15 is 0 Å². The van der Waals surface area contributed by atoms with Crippen LogP contribution in [0.3, 0.4) is 0 Å². The molecular weight excluding hydrogens is 194 g/mol. The third-order valence-electron chi connectivity index (χ3n) is 2.40. The molecule has 0 unspecified atom stereocenters. The molecule has 0 aromatic heterocycles. The van der Waals surface area contributed by atoms with Crippen LogP contribution in [0, 0.1) is 0 Å². The highest BCUT2D eigenvalue weighted by Gasteiger charge is 1.99. The Balaban J connectivity index is 3.03. The molecule has 0 radical (unpaired) electrons. The number of rotatable bonds is 4. The fourth-order valence-corrected chi connectivity index (χ4v) is 1.49. The Morgan fingerprint density at radius 1 is 1.12 bits per heavy atom. The molecule has 0 N–H and O–H groups in total. The van der Waals surface area contributed by atoms with Crippen LogP contribution in [0.2, 0.25) is 0 Å². The van der Waals surface area contributed by atoms with Crippen LogP contribution >= 0.6 is 0 Å². The molecule has 16 heavy (non-hydrogen) atoms. The second-order valence-corrected chi connectivity index (χ2v) is 3.43. The fraction of sp³-hybridized carbons (Fsp3) is 0.133. The number of aliphatic imine (C=N–C) groups is 1. The van der Waals surface area contributed by atoms with E-state index in [1.165, 1.54) is 11.1 Å². The van der Waals surface area contributed by atoms with Crippen LogP contribution in [-0.4, -0.2) is 6.72 Å². The normalized spacial score (nSPS) is 11.8.